The highest BCUT2D eigenvalue weighted by Gasteiger charge is 1.80. The summed E-state index contributed by atoms with van der Waals surface area (Å²) in [6, 6.07) is 10.1. The van der Waals surface area contributed by atoms with Crippen molar-refractivity contribution in [2.45, 2.75) is 0 Å². The lowest BCUT2D eigenvalue weighted by molar-refractivity contribution is 0.440. The SMILES string of the molecule is CN(C)/N=C/C=C/c1ccccc1. The summed E-state index contributed by atoms with van der Waals surface area (Å²) in [7, 11) is 3.79. The second-order valence-corrected chi connectivity index (χ2v) is 2.88. The van der Waals surface area contributed by atoms with Crippen LogP contribution < -0.4 is 0 Å². The van der Waals surface area contributed by atoms with E-state index in [0.29, 0.717) is 0 Å². The van der Waals surface area contributed by atoms with Crippen molar-refractivity contribution in [3.8, 4) is 0 Å². The molecule has 68 valence electrons. The van der Waals surface area contributed by atoms with E-state index in [0.717, 1.165) is 0 Å². The Kier molecular flexibility index (Phi) is 3.76. The minimum absolute atomic E-state index is 1.19. The first-order valence-corrected chi connectivity index (χ1v) is 4.22. The van der Waals surface area contributed by atoms with Crippen LogP contribution in [0.25, 0.3) is 6.08 Å². The van der Waals surface area contributed by atoms with Gasteiger partial charge in [-0.2, -0.15) is 5.10 Å². The Hall–Kier alpha value is -1.57. The number of hydrogen-bond donors (Lipinski definition) is 0. The Bertz CT molecular complexity index is 286. The van der Waals surface area contributed by atoms with Gasteiger partial charge in [-0.25, -0.2) is 0 Å². The van der Waals surface area contributed by atoms with Gasteiger partial charge in [0.05, 0.1) is 0 Å². The molecule has 0 spiro atoms. The molecular weight excluding hydrogens is 160 g/mol. The molecule has 0 radical (unpaired) electrons. The minimum atomic E-state index is 1.19. The normalized spacial score (nSPS) is 11.2. The van der Waals surface area contributed by atoms with Crippen LogP contribution in [0.3, 0.4) is 0 Å². The van der Waals surface area contributed by atoms with Crippen LogP contribution in [0.4, 0.5) is 0 Å². The monoisotopic (exact) mass is 174 g/mol. The first kappa shape index (κ1) is 9.52. The predicted octanol–water partition coefficient (Wildman–Crippen LogP) is 2.25. The van der Waals surface area contributed by atoms with Crippen molar-refractivity contribution in [3.05, 3.63) is 42.0 Å². The maximum absolute atomic E-state index is 4.06. The first-order valence-electron chi connectivity index (χ1n) is 4.22. The van der Waals surface area contributed by atoms with Gasteiger partial charge in [0.1, 0.15) is 0 Å². The van der Waals surface area contributed by atoms with Crippen molar-refractivity contribution in [3.63, 3.8) is 0 Å². The van der Waals surface area contributed by atoms with Crippen molar-refractivity contribution >= 4 is 12.3 Å². The van der Waals surface area contributed by atoms with Gasteiger partial charge in [-0.15, -0.1) is 0 Å². The fourth-order valence-corrected chi connectivity index (χ4v) is 0.890. The summed E-state index contributed by atoms with van der Waals surface area (Å²) < 4.78 is 0. The van der Waals surface area contributed by atoms with Crippen LogP contribution in [0.15, 0.2) is 41.5 Å². The molecule has 0 aromatic heterocycles. The predicted molar refractivity (Wildman–Crippen MR) is 57.7 cm³/mol. The Morgan fingerprint density at radius 1 is 1.15 bits per heavy atom. The van der Waals surface area contributed by atoms with Crippen LogP contribution in [-0.4, -0.2) is 25.3 Å². The molecule has 0 aliphatic rings. The maximum atomic E-state index is 4.06. The smallest absolute Gasteiger partial charge is 0.0470 e. The van der Waals surface area contributed by atoms with Crippen LogP contribution in [-0.2, 0) is 0 Å². The molecule has 0 heterocycles. The summed E-state index contributed by atoms with van der Waals surface area (Å²) in [6.45, 7) is 0. The third-order valence-electron chi connectivity index (χ3n) is 1.47. The second-order valence-electron chi connectivity index (χ2n) is 2.88. The molecule has 13 heavy (non-hydrogen) atoms. The van der Waals surface area contributed by atoms with Gasteiger partial charge in [0.2, 0.25) is 0 Å². The fraction of sp³-hybridized carbons (Fsp3) is 0.182. The largest absolute Gasteiger partial charge is 0.303 e. The Morgan fingerprint density at radius 3 is 2.46 bits per heavy atom. The molecule has 0 fully saturated rings. The standard InChI is InChI=1S/C11H14N2/c1-13(2)12-10-6-9-11-7-4-3-5-8-11/h3-10H,1-2H3/b9-6+,12-10+. The quantitative estimate of drug-likeness (QED) is 0.507. The van der Waals surface area contributed by atoms with Crippen molar-refractivity contribution < 1.29 is 0 Å². The average Bonchev–Trinajstić information content (AvgIpc) is 2.14. The highest BCUT2D eigenvalue weighted by atomic mass is 15.4. The van der Waals surface area contributed by atoms with Crippen LogP contribution >= 0.6 is 0 Å². The summed E-state index contributed by atoms with van der Waals surface area (Å²) in [4.78, 5) is 0. The number of benzene rings is 1. The van der Waals surface area contributed by atoms with E-state index >= 15 is 0 Å². The van der Waals surface area contributed by atoms with Gasteiger partial charge in [-0.3, -0.25) is 0 Å². The minimum Gasteiger partial charge on any atom is -0.303 e. The topological polar surface area (TPSA) is 15.6 Å². The second kappa shape index (κ2) is 5.14. The van der Waals surface area contributed by atoms with E-state index in [9.17, 15) is 0 Å². The van der Waals surface area contributed by atoms with Gasteiger partial charge in [0.15, 0.2) is 0 Å². The molecule has 0 saturated heterocycles. The zero-order valence-electron chi connectivity index (χ0n) is 8.01. The molecule has 0 unspecified atom stereocenters. The molecule has 2 heteroatoms. The number of allylic oxidation sites excluding steroid dienone is 1. The van der Waals surface area contributed by atoms with E-state index in [1.807, 2.05) is 44.4 Å². The van der Waals surface area contributed by atoms with E-state index in [1.165, 1.54) is 5.56 Å². The van der Waals surface area contributed by atoms with Crippen molar-refractivity contribution in [2.24, 2.45) is 5.10 Å². The molecule has 1 aromatic rings. The molecule has 1 aromatic carbocycles. The Labute approximate surface area is 79.2 Å². The summed E-state index contributed by atoms with van der Waals surface area (Å²) >= 11 is 0. The molecular formula is C11H14N2. The summed E-state index contributed by atoms with van der Waals surface area (Å²) in [5, 5.41) is 5.82. The number of hydrazone groups is 1. The Balaban J connectivity index is 2.50. The van der Waals surface area contributed by atoms with Crippen molar-refractivity contribution in [2.75, 3.05) is 14.1 Å². The van der Waals surface area contributed by atoms with Crippen LogP contribution in [0.5, 0.6) is 0 Å². The van der Waals surface area contributed by atoms with Gasteiger partial charge in [0.25, 0.3) is 0 Å². The summed E-state index contributed by atoms with van der Waals surface area (Å²) in [6.07, 6.45) is 5.72. The molecule has 0 amide bonds. The van der Waals surface area contributed by atoms with Gasteiger partial charge in [0, 0.05) is 20.3 Å². The maximum Gasteiger partial charge on any atom is 0.0470 e. The number of hydrogen-bond acceptors (Lipinski definition) is 2. The first-order chi connectivity index (χ1) is 6.29. The van der Waals surface area contributed by atoms with Gasteiger partial charge in [-0.05, 0) is 11.6 Å². The zero-order valence-corrected chi connectivity index (χ0v) is 8.01. The van der Waals surface area contributed by atoms with E-state index in [2.05, 4.69) is 17.2 Å². The average molecular weight is 174 g/mol. The van der Waals surface area contributed by atoms with Gasteiger partial charge < -0.3 is 5.01 Å². The summed E-state index contributed by atoms with van der Waals surface area (Å²) in [5.74, 6) is 0. The highest BCUT2D eigenvalue weighted by Crippen LogP contribution is 1.99. The van der Waals surface area contributed by atoms with Crippen molar-refractivity contribution in [1.82, 2.24) is 5.01 Å². The molecule has 1 rings (SSSR count). The van der Waals surface area contributed by atoms with Gasteiger partial charge in [-0.1, -0.05) is 36.4 Å². The third kappa shape index (κ3) is 4.11. The van der Waals surface area contributed by atoms with E-state index < -0.39 is 0 Å². The van der Waals surface area contributed by atoms with E-state index in [4.69, 9.17) is 0 Å². The zero-order chi connectivity index (χ0) is 9.52. The number of rotatable bonds is 3. The van der Waals surface area contributed by atoms with Crippen molar-refractivity contribution in [1.29, 1.82) is 0 Å². The van der Waals surface area contributed by atoms with Gasteiger partial charge >= 0.3 is 0 Å². The molecule has 0 atom stereocenters. The molecule has 0 bridgehead atoms. The fourth-order valence-electron chi connectivity index (χ4n) is 0.890. The van der Waals surface area contributed by atoms with E-state index in [1.54, 1.807) is 11.2 Å². The van der Waals surface area contributed by atoms with Crippen LogP contribution in [0.1, 0.15) is 5.56 Å². The lowest BCUT2D eigenvalue weighted by Crippen LogP contribution is -2.00. The lowest BCUT2D eigenvalue weighted by Gasteiger charge is -1.99. The lowest BCUT2D eigenvalue weighted by atomic mass is 10.2. The molecule has 0 saturated carbocycles. The van der Waals surface area contributed by atoms with E-state index in [-0.39, 0.29) is 0 Å². The molecule has 0 aliphatic heterocycles. The highest BCUT2D eigenvalue weighted by molar-refractivity contribution is 5.77. The molecule has 2 nitrogen and oxygen atoms in total. The molecule has 0 aliphatic carbocycles. The van der Waals surface area contributed by atoms with Crippen LogP contribution in [0, 0.1) is 0 Å². The Morgan fingerprint density at radius 2 is 1.85 bits per heavy atom. The van der Waals surface area contributed by atoms with Crippen LogP contribution in [0.2, 0.25) is 0 Å². The third-order valence-corrected chi connectivity index (χ3v) is 1.47. The molecule has 0 N–H and O–H groups in total. The number of nitrogens with zero attached hydrogens (tertiary/aromatic N) is 2. The summed E-state index contributed by atoms with van der Waals surface area (Å²) in [5.41, 5.74) is 1.19.